The van der Waals surface area contributed by atoms with Gasteiger partial charge in [-0.25, -0.2) is 0 Å². The van der Waals surface area contributed by atoms with Crippen molar-refractivity contribution in [2.75, 3.05) is 52.2 Å². The molecule has 0 radical (unpaired) electrons. The highest BCUT2D eigenvalue weighted by Gasteiger charge is 2.17. The van der Waals surface area contributed by atoms with Gasteiger partial charge in [-0.15, -0.1) is 0 Å². The summed E-state index contributed by atoms with van der Waals surface area (Å²) < 4.78 is 4.99. The minimum absolute atomic E-state index is 0.821. The number of hydrogen-bond donors (Lipinski definition) is 1. The molecule has 1 aliphatic rings. The highest BCUT2D eigenvalue weighted by atomic mass is 32.2. The van der Waals surface area contributed by atoms with Crippen LogP contribution in [0.5, 0.6) is 0 Å². The topological polar surface area (TPSA) is 24.5 Å². The third-order valence-corrected chi connectivity index (χ3v) is 4.61. The van der Waals surface area contributed by atoms with Crippen LogP contribution in [-0.2, 0) is 4.74 Å². The molecule has 1 heterocycles. The van der Waals surface area contributed by atoms with E-state index in [9.17, 15) is 0 Å². The summed E-state index contributed by atoms with van der Waals surface area (Å²) in [4.78, 5) is 2.64. The minimum Gasteiger partial charge on any atom is -0.383 e. The molecule has 1 fully saturated rings. The molecule has 1 N–H and O–H groups in total. The maximum atomic E-state index is 4.99. The van der Waals surface area contributed by atoms with Gasteiger partial charge in [-0.05, 0) is 32.4 Å². The van der Waals surface area contributed by atoms with Gasteiger partial charge in [0.05, 0.1) is 6.61 Å². The fraction of sp³-hybridized carbons (Fsp3) is 1.00. The van der Waals surface area contributed by atoms with E-state index in [-0.39, 0.29) is 0 Å². The van der Waals surface area contributed by atoms with Gasteiger partial charge in [-0.1, -0.05) is 6.92 Å². The molecule has 1 saturated heterocycles. The molecule has 0 aliphatic carbocycles. The second-order valence-corrected chi connectivity index (χ2v) is 6.06. The normalized spacial score (nSPS) is 21.9. The number of unbranched alkanes of at least 4 members (excludes halogenated alkanes) is 1. The Hall–Kier alpha value is 0.230. The molecule has 1 aliphatic heterocycles. The lowest BCUT2D eigenvalue weighted by Crippen LogP contribution is -2.38. The third-order valence-electron chi connectivity index (χ3n) is 3.24. The Kier molecular flexibility index (Phi) is 9.16. The average Bonchev–Trinajstić information content (AvgIpc) is 2.38. The molecule has 17 heavy (non-hydrogen) atoms. The van der Waals surface area contributed by atoms with E-state index in [0.29, 0.717) is 0 Å². The van der Waals surface area contributed by atoms with E-state index in [1.807, 2.05) is 0 Å². The smallest absolute Gasteiger partial charge is 0.0587 e. The van der Waals surface area contributed by atoms with Crippen molar-refractivity contribution in [2.45, 2.75) is 31.4 Å². The van der Waals surface area contributed by atoms with Crippen molar-refractivity contribution < 1.29 is 4.74 Å². The zero-order valence-electron chi connectivity index (χ0n) is 11.4. The van der Waals surface area contributed by atoms with Crippen molar-refractivity contribution in [2.24, 2.45) is 0 Å². The van der Waals surface area contributed by atoms with E-state index >= 15 is 0 Å². The van der Waals surface area contributed by atoms with E-state index in [1.54, 1.807) is 7.11 Å². The summed E-state index contributed by atoms with van der Waals surface area (Å²) in [5.41, 5.74) is 0. The monoisotopic (exact) mass is 260 g/mol. The highest BCUT2D eigenvalue weighted by Crippen LogP contribution is 2.20. The number of thioether (sulfide) groups is 1. The van der Waals surface area contributed by atoms with Crippen molar-refractivity contribution in [3.8, 4) is 0 Å². The lowest BCUT2D eigenvalue weighted by molar-refractivity contribution is 0.199. The van der Waals surface area contributed by atoms with Gasteiger partial charge in [0.1, 0.15) is 0 Å². The first-order valence-corrected chi connectivity index (χ1v) is 7.95. The molecule has 0 aromatic rings. The van der Waals surface area contributed by atoms with Crippen LogP contribution in [-0.4, -0.2) is 62.3 Å². The van der Waals surface area contributed by atoms with E-state index in [2.05, 4.69) is 28.9 Å². The Morgan fingerprint density at radius 1 is 1.35 bits per heavy atom. The summed E-state index contributed by atoms with van der Waals surface area (Å²) in [5, 5.41) is 4.27. The van der Waals surface area contributed by atoms with Gasteiger partial charge >= 0.3 is 0 Å². The van der Waals surface area contributed by atoms with Crippen LogP contribution in [0.4, 0.5) is 0 Å². The van der Waals surface area contributed by atoms with E-state index in [1.165, 1.54) is 44.6 Å². The predicted octanol–water partition coefficient (Wildman–Crippen LogP) is 1.83. The van der Waals surface area contributed by atoms with E-state index in [4.69, 9.17) is 4.74 Å². The molecule has 102 valence electrons. The molecule has 1 unspecified atom stereocenters. The maximum Gasteiger partial charge on any atom is 0.0587 e. The Morgan fingerprint density at radius 3 is 3.00 bits per heavy atom. The predicted molar refractivity (Wildman–Crippen MR) is 77.0 cm³/mol. The zero-order valence-corrected chi connectivity index (χ0v) is 12.2. The first-order valence-electron chi connectivity index (χ1n) is 6.90. The van der Waals surface area contributed by atoms with E-state index in [0.717, 1.165) is 24.9 Å². The largest absolute Gasteiger partial charge is 0.383 e. The van der Waals surface area contributed by atoms with Crippen LogP contribution in [0, 0.1) is 0 Å². The van der Waals surface area contributed by atoms with Crippen LogP contribution >= 0.6 is 11.8 Å². The Bertz CT molecular complexity index is 181. The fourth-order valence-electron chi connectivity index (χ4n) is 2.12. The quantitative estimate of drug-likeness (QED) is 0.639. The van der Waals surface area contributed by atoms with Crippen molar-refractivity contribution in [1.82, 2.24) is 10.2 Å². The molecular weight excluding hydrogens is 232 g/mol. The number of nitrogens with one attached hydrogen (secondary N) is 1. The molecule has 1 atom stereocenters. The lowest BCUT2D eigenvalue weighted by Gasteiger charge is -2.31. The van der Waals surface area contributed by atoms with Gasteiger partial charge in [0, 0.05) is 37.7 Å². The summed E-state index contributed by atoms with van der Waals surface area (Å²) >= 11 is 2.15. The van der Waals surface area contributed by atoms with Gasteiger partial charge in [-0.3, -0.25) is 0 Å². The zero-order chi connectivity index (χ0) is 12.3. The molecule has 4 heteroatoms. The first kappa shape index (κ1) is 15.3. The highest BCUT2D eigenvalue weighted by molar-refractivity contribution is 8.00. The second-order valence-electron chi connectivity index (χ2n) is 4.65. The summed E-state index contributed by atoms with van der Waals surface area (Å²) in [6.45, 7) is 9.11. The minimum atomic E-state index is 0.821. The van der Waals surface area contributed by atoms with Crippen LogP contribution < -0.4 is 5.32 Å². The maximum absolute atomic E-state index is 4.99. The Morgan fingerprint density at radius 2 is 2.24 bits per heavy atom. The van der Waals surface area contributed by atoms with E-state index < -0.39 is 0 Å². The molecule has 1 rings (SSSR count). The summed E-state index contributed by atoms with van der Waals surface area (Å²) in [6.07, 6.45) is 3.92. The van der Waals surface area contributed by atoms with Crippen LogP contribution in [0.3, 0.4) is 0 Å². The van der Waals surface area contributed by atoms with Gasteiger partial charge in [0.2, 0.25) is 0 Å². The molecule has 0 spiro atoms. The molecule has 0 saturated carbocycles. The van der Waals surface area contributed by atoms with Crippen LogP contribution in [0.25, 0.3) is 0 Å². The number of rotatable bonds is 9. The molecular formula is C13H28N2OS. The van der Waals surface area contributed by atoms with Gasteiger partial charge in [0.15, 0.2) is 0 Å². The van der Waals surface area contributed by atoms with Crippen molar-refractivity contribution in [1.29, 1.82) is 0 Å². The van der Waals surface area contributed by atoms with Crippen LogP contribution in [0.15, 0.2) is 0 Å². The SMILES string of the molecule is CCC1CN(CCCCNCCOC)CCS1. The van der Waals surface area contributed by atoms with Gasteiger partial charge in [-0.2, -0.15) is 11.8 Å². The molecule has 0 amide bonds. The third kappa shape index (κ3) is 7.29. The number of ether oxygens (including phenoxy) is 1. The molecule has 0 bridgehead atoms. The summed E-state index contributed by atoms with van der Waals surface area (Å²) in [7, 11) is 1.75. The number of methoxy groups -OCH3 is 1. The average molecular weight is 260 g/mol. The van der Waals surface area contributed by atoms with Gasteiger partial charge in [0.25, 0.3) is 0 Å². The first-order chi connectivity index (χ1) is 8.36. The lowest BCUT2D eigenvalue weighted by atomic mass is 10.2. The molecule has 0 aromatic heterocycles. The van der Waals surface area contributed by atoms with Gasteiger partial charge < -0.3 is 15.0 Å². The summed E-state index contributed by atoms with van der Waals surface area (Å²) in [5.74, 6) is 1.32. The Balaban J connectivity index is 1.91. The van der Waals surface area contributed by atoms with Crippen molar-refractivity contribution in [3.05, 3.63) is 0 Å². The van der Waals surface area contributed by atoms with Crippen molar-refractivity contribution >= 4 is 11.8 Å². The second kappa shape index (κ2) is 10.2. The summed E-state index contributed by atoms with van der Waals surface area (Å²) in [6, 6.07) is 0. The standard InChI is InChI=1S/C13H28N2OS/c1-3-13-12-15(9-11-17-13)8-5-4-6-14-7-10-16-2/h13-14H,3-12H2,1-2H3. The molecule has 3 nitrogen and oxygen atoms in total. The Labute approximate surface area is 111 Å². The van der Waals surface area contributed by atoms with Crippen LogP contribution in [0.1, 0.15) is 26.2 Å². The fourth-order valence-corrected chi connectivity index (χ4v) is 3.36. The van der Waals surface area contributed by atoms with Crippen LogP contribution in [0.2, 0.25) is 0 Å². The van der Waals surface area contributed by atoms with Crippen molar-refractivity contribution in [3.63, 3.8) is 0 Å². The molecule has 0 aromatic carbocycles. The number of hydrogen-bond acceptors (Lipinski definition) is 4. The number of nitrogens with zero attached hydrogens (tertiary/aromatic N) is 1.